The van der Waals surface area contributed by atoms with Gasteiger partial charge < -0.3 is 15.0 Å². The van der Waals surface area contributed by atoms with Crippen LogP contribution in [0.3, 0.4) is 0 Å². The minimum absolute atomic E-state index is 0.00467. The zero-order chi connectivity index (χ0) is 16.7. The molecule has 1 amide bonds. The smallest absolute Gasteiger partial charge is 0.226 e. The molecule has 2 N–H and O–H groups in total. The predicted molar refractivity (Wildman–Crippen MR) is 90.8 cm³/mol. The lowest BCUT2D eigenvalue weighted by Crippen LogP contribution is -2.39. The fourth-order valence-corrected chi connectivity index (χ4v) is 3.59. The Kier molecular flexibility index (Phi) is 7.09. The van der Waals surface area contributed by atoms with Gasteiger partial charge in [0.2, 0.25) is 5.91 Å². The summed E-state index contributed by atoms with van der Waals surface area (Å²) in [7, 11) is 0. The van der Waals surface area contributed by atoms with Gasteiger partial charge in [0.05, 0.1) is 25.0 Å². The molecule has 23 heavy (non-hydrogen) atoms. The molecule has 0 saturated heterocycles. The van der Waals surface area contributed by atoms with Crippen molar-refractivity contribution in [2.45, 2.75) is 65.3 Å². The number of aryl methyl sites for hydroxylation is 1. The van der Waals surface area contributed by atoms with E-state index < -0.39 is 0 Å². The van der Waals surface area contributed by atoms with Crippen molar-refractivity contribution in [3.8, 4) is 0 Å². The highest BCUT2D eigenvalue weighted by atomic mass is 16.3. The Hall–Kier alpha value is -1.36. The molecule has 1 aromatic rings. The zero-order valence-corrected chi connectivity index (χ0v) is 14.6. The molecule has 0 spiro atoms. The van der Waals surface area contributed by atoms with Crippen LogP contribution in [0, 0.1) is 18.8 Å². The largest absolute Gasteiger partial charge is 0.395 e. The monoisotopic (exact) mass is 321 g/mol. The average Bonchev–Trinajstić information content (AvgIpc) is 2.97. The first kappa shape index (κ1) is 18.0. The molecule has 1 aliphatic carbocycles. The van der Waals surface area contributed by atoms with Crippen LogP contribution in [-0.4, -0.2) is 39.0 Å². The maximum absolute atomic E-state index is 12.8. The Morgan fingerprint density at radius 3 is 2.70 bits per heavy atom. The summed E-state index contributed by atoms with van der Waals surface area (Å²) in [5, 5.41) is 9.29. The Morgan fingerprint density at radius 2 is 2.13 bits per heavy atom. The first-order valence-electron chi connectivity index (χ1n) is 9.04. The summed E-state index contributed by atoms with van der Waals surface area (Å²) in [6, 6.07) is 0. The molecular formula is C18H31N3O2. The van der Waals surface area contributed by atoms with E-state index in [1.54, 1.807) is 11.1 Å². The maximum Gasteiger partial charge on any atom is 0.226 e. The molecule has 0 aliphatic heterocycles. The second-order valence-corrected chi connectivity index (χ2v) is 6.84. The van der Waals surface area contributed by atoms with Gasteiger partial charge in [0.25, 0.3) is 0 Å². The SMILES string of the molecule is CCCCC1CCC(C(=O)N(CCO)Cc2cnc(C)[nH]2)CC1. The second-order valence-electron chi connectivity index (χ2n) is 6.84. The van der Waals surface area contributed by atoms with Crippen molar-refractivity contribution in [1.82, 2.24) is 14.9 Å². The molecule has 0 aromatic carbocycles. The second kappa shape index (κ2) is 9.06. The molecule has 1 fully saturated rings. The number of imidazole rings is 1. The summed E-state index contributed by atoms with van der Waals surface area (Å²) in [6.45, 7) is 5.05. The molecule has 2 rings (SSSR count). The minimum Gasteiger partial charge on any atom is -0.395 e. The number of aromatic nitrogens is 2. The fourth-order valence-electron chi connectivity index (χ4n) is 3.59. The summed E-state index contributed by atoms with van der Waals surface area (Å²) < 4.78 is 0. The predicted octanol–water partition coefficient (Wildman–Crippen LogP) is 3.04. The third-order valence-electron chi connectivity index (χ3n) is 4.96. The number of nitrogens with zero attached hydrogens (tertiary/aromatic N) is 2. The van der Waals surface area contributed by atoms with E-state index in [2.05, 4.69) is 16.9 Å². The van der Waals surface area contributed by atoms with E-state index in [1.165, 1.54) is 32.1 Å². The number of nitrogens with one attached hydrogen (secondary N) is 1. The van der Waals surface area contributed by atoms with Gasteiger partial charge in [0.1, 0.15) is 5.82 Å². The topological polar surface area (TPSA) is 69.2 Å². The van der Waals surface area contributed by atoms with E-state index in [0.717, 1.165) is 30.3 Å². The van der Waals surface area contributed by atoms with Crippen molar-refractivity contribution in [3.05, 3.63) is 17.7 Å². The number of amides is 1. The molecule has 0 unspecified atom stereocenters. The van der Waals surface area contributed by atoms with Crippen molar-refractivity contribution in [1.29, 1.82) is 0 Å². The molecule has 130 valence electrons. The number of unbranched alkanes of at least 4 members (excludes halogenated alkanes) is 1. The quantitative estimate of drug-likeness (QED) is 0.773. The van der Waals surface area contributed by atoms with E-state index in [9.17, 15) is 9.90 Å². The summed E-state index contributed by atoms with van der Waals surface area (Å²) in [5.41, 5.74) is 0.931. The van der Waals surface area contributed by atoms with Gasteiger partial charge in [-0.15, -0.1) is 0 Å². The fraction of sp³-hybridized carbons (Fsp3) is 0.778. The lowest BCUT2D eigenvalue weighted by atomic mass is 9.79. The van der Waals surface area contributed by atoms with E-state index in [4.69, 9.17) is 0 Å². The number of hydrogen-bond donors (Lipinski definition) is 2. The number of carbonyl (C=O) groups excluding carboxylic acids is 1. The number of aliphatic hydroxyl groups is 1. The van der Waals surface area contributed by atoms with Gasteiger partial charge in [-0.25, -0.2) is 4.98 Å². The molecule has 0 bridgehead atoms. The maximum atomic E-state index is 12.8. The molecule has 1 aliphatic rings. The summed E-state index contributed by atoms with van der Waals surface area (Å²) in [5.74, 6) is 1.98. The molecule has 5 nitrogen and oxygen atoms in total. The lowest BCUT2D eigenvalue weighted by Gasteiger charge is -2.32. The zero-order valence-electron chi connectivity index (χ0n) is 14.6. The van der Waals surface area contributed by atoms with Crippen LogP contribution in [0.25, 0.3) is 0 Å². The van der Waals surface area contributed by atoms with Crippen molar-refractivity contribution < 1.29 is 9.90 Å². The summed E-state index contributed by atoms with van der Waals surface area (Å²) in [4.78, 5) is 21.9. The van der Waals surface area contributed by atoms with E-state index >= 15 is 0 Å². The molecule has 1 aromatic heterocycles. The highest BCUT2D eigenvalue weighted by Gasteiger charge is 2.29. The highest BCUT2D eigenvalue weighted by molar-refractivity contribution is 5.78. The Labute approximate surface area is 139 Å². The van der Waals surface area contributed by atoms with Crippen LogP contribution in [0.5, 0.6) is 0 Å². The van der Waals surface area contributed by atoms with Gasteiger partial charge >= 0.3 is 0 Å². The van der Waals surface area contributed by atoms with Crippen molar-refractivity contribution >= 4 is 5.91 Å². The van der Waals surface area contributed by atoms with Crippen LogP contribution < -0.4 is 0 Å². The number of aliphatic hydroxyl groups excluding tert-OH is 1. The first-order valence-corrected chi connectivity index (χ1v) is 9.04. The first-order chi connectivity index (χ1) is 11.1. The van der Waals surface area contributed by atoms with Gasteiger partial charge in [0.15, 0.2) is 0 Å². The van der Waals surface area contributed by atoms with Gasteiger partial charge in [-0.05, 0) is 38.5 Å². The van der Waals surface area contributed by atoms with Crippen LogP contribution in [-0.2, 0) is 11.3 Å². The Morgan fingerprint density at radius 1 is 1.39 bits per heavy atom. The van der Waals surface area contributed by atoms with E-state index in [-0.39, 0.29) is 18.4 Å². The standard InChI is InChI=1S/C18H31N3O2/c1-3-4-5-15-6-8-16(9-7-15)18(23)21(10-11-22)13-17-12-19-14(2)20-17/h12,15-16,22H,3-11,13H2,1-2H3,(H,19,20). The van der Waals surface area contributed by atoms with Gasteiger partial charge in [-0.2, -0.15) is 0 Å². The Balaban J connectivity index is 1.88. The molecule has 0 atom stereocenters. The van der Waals surface area contributed by atoms with Crippen LogP contribution in [0.2, 0.25) is 0 Å². The molecule has 1 heterocycles. The lowest BCUT2D eigenvalue weighted by molar-refractivity contribution is -0.138. The third kappa shape index (κ3) is 5.34. The molecule has 5 heteroatoms. The number of carbonyl (C=O) groups is 1. The van der Waals surface area contributed by atoms with Crippen molar-refractivity contribution in [2.75, 3.05) is 13.2 Å². The van der Waals surface area contributed by atoms with E-state index in [0.29, 0.717) is 13.1 Å². The number of aromatic amines is 1. The average molecular weight is 321 g/mol. The molecular weight excluding hydrogens is 290 g/mol. The third-order valence-corrected chi connectivity index (χ3v) is 4.96. The van der Waals surface area contributed by atoms with Gasteiger partial charge in [-0.1, -0.05) is 26.2 Å². The number of H-pyrrole nitrogens is 1. The van der Waals surface area contributed by atoms with Crippen LogP contribution in [0.4, 0.5) is 0 Å². The summed E-state index contributed by atoms with van der Waals surface area (Å²) in [6.07, 6.45) is 9.99. The van der Waals surface area contributed by atoms with Crippen LogP contribution >= 0.6 is 0 Å². The summed E-state index contributed by atoms with van der Waals surface area (Å²) >= 11 is 0. The van der Waals surface area contributed by atoms with Crippen molar-refractivity contribution in [2.24, 2.45) is 11.8 Å². The molecule has 1 saturated carbocycles. The van der Waals surface area contributed by atoms with E-state index in [1.807, 2.05) is 6.92 Å². The number of rotatable bonds is 8. The van der Waals surface area contributed by atoms with Crippen molar-refractivity contribution in [3.63, 3.8) is 0 Å². The molecule has 0 radical (unpaired) electrons. The normalized spacial score (nSPS) is 21.3. The minimum atomic E-state index is 0.00467. The van der Waals surface area contributed by atoms with Crippen LogP contribution in [0.1, 0.15) is 63.4 Å². The number of hydrogen-bond acceptors (Lipinski definition) is 3. The van der Waals surface area contributed by atoms with Gasteiger partial charge in [0, 0.05) is 12.5 Å². The van der Waals surface area contributed by atoms with Gasteiger partial charge in [-0.3, -0.25) is 4.79 Å². The van der Waals surface area contributed by atoms with Crippen LogP contribution in [0.15, 0.2) is 6.20 Å². The highest BCUT2D eigenvalue weighted by Crippen LogP contribution is 2.33. The Bertz CT molecular complexity index is 478.